The minimum Gasteiger partial charge on any atom is -0.463 e. The van der Waals surface area contributed by atoms with Crippen LogP contribution in [0.1, 0.15) is 25.6 Å². The zero-order valence-electron chi connectivity index (χ0n) is 19.9. The SMILES string of the molecule is CSc1ncnc2c1ncn2[C@@H]1O[C@H](COC(C)=O)[C@H](OS(=O)(=O)c2ccc(C)cc2)[C@H]1OC(C)=O. The standard InChI is InChI=1S/C22H24N4O8S2/c1-12-5-7-15(8-6-12)36(29,30)34-18-16(9-31-13(2)27)33-22(19(18)32-14(3)28)26-11-25-17-20(26)23-10-24-21(17)35-4/h5-8,10-11,16,18-19,22H,9H2,1-4H3/t16-,18+,19-,22-/m1/s1. The minimum atomic E-state index is -4.31. The molecule has 1 aliphatic heterocycles. The average Bonchev–Trinajstić information content (AvgIpc) is 3.39. The number of benzene rings is 1. The van der Waals surface area contributed by atoms with Crippen molar-refractivity contribution in [2.24, 2.45) is 0 Å². The molecule has 192 valence electrons. The van der Waals surface area contributed by atoms with Gasteiger partial charge >= 0.3 is 11.9 Å². The molecule has 0 radical (unpaired) electrons. The molecule has 0 N–H and O–H groups in total. The topological polar surface area (TPSA) is 149 Å². The van der Waals surface area contributed by atoms with E-state index >= 15 is 0 Å². The molecule has 3 aromatic rings. The Morgan fingerprint density at radius 3 is 2.44 bits per heavy atom. The Kier molecular flexibility index (Phi) is 7.59. The van der Waals surface area contributed by atoms with Crippen LogP contribution in [0.15, 0.2) is 46.8 Å². The number of hydrogen-bond donors (Lipinski definition) is 0. The lowest BCUT2D eigenvalue weighted by Crippen LogP contribution is -2.41. The molecule has 0 aliphatic carbocycles. The molecule has 0 spiro atoms. The number of carbonyl (C=O) groups is 2. The third-order valence-corrected chi connectivity index (χ3v) is 7.39. The van der Waals surface area contributed by atoms with Crippen LogP contribution >= 0.6 is 11.8 Å². The van der Waals surface area contributed by atoms with Gasteiger partial charge in [0.05, 0.1) is 11.2 Å². The molecule has 1 saturated heterocycles. The van der Waals surface area contributed by atoms with Crippen molar-refractivity contribution >= 4 is 45.0 Å². The van der Waals surface area contributed by atoms with Gasteiger partial charge in [-0.25, -0.2) is 15.0 Å². The molecule has 0 saturated carbocycles. The molecule has 4 atom stereocenters. The van der Waals surface area contributed by atoms with Gasteiger partial charge < -0.3 is 14.2 Å². The second-order valence-electron chi connectivity index (χ2n) is 7.98. The second-order valence-corrected chi connectivity index (χ2v) is 10.3. The fraction of sp³-hybridized carbons (Fsp3) is 0.409. The van der Waals surface area contributed by atoms with Gasteiger partial charge in [0.25, 0.3) is 10.1 Å². The van der Waals surface area contributed by atoms with Gasteiger partial charge in [0.2, 0.25) is 0 Å². The molecule has 0 amide bonds. The van der Waals surface area contributed by atoms with Crippen molar-refractivity contribution in [3.8, 4) is 0 Å². The summed E-state index contributed by atoms with van der Waals surface area (Å²) in [6.07, 6.45) is -0.139. The van der Waals surface area contributed by atoms with Crippen molar-refractivity contribution in [1.82, 2.24) is 19.5 Å². The molecular weight excluding hydrogens is 512 g/mol. The van der Waals surface area contributed by atoms with Gasteiger partial charge in [-0.15, -0.1) is 11.8 Å². The van der Waals surface area contributed by atoms with Crippen molar-refractivity contribution in [1.29, 1.82) is 0 Å². The van der Waals surface area contributed by atoms with E-state index in [1.165, 1.54) is 55.0 Å². The number of thioether (sulfide) groups is 1. The lowest BCUT2D eigenvalue weighted by Gasteiger charge is -2.24. The first kappa shape index (κ1) is 26.0. The van der Waals surface area contributed by atoms with E-state index in [-0.39, 0.29) is 11.5 Å². The Labute approximate surface area is 211 Å². The predicted octanol–water partition coefficient (Wildman–Crippen LogP) is 2.02. The molecule has 0 bridgehead atoms. The summed E-state index contributed by atoms with van der Waals surface area (Å²) in [5, 5.41) is 0.618. The minimum absolute atomic E-state index is 0.0882. The molecule has 1 aliphatic rings. The number of rotatable bonds is 8. The van der Waals surface area contributed by atoms with Crippen LogP contribution in [0.2, 0.25) is 0 Å². The first-order chi connectivity index (χ1) is 17.1. The summed E-state index contributed by atoms with van der Waals surface area (Å²) in [6, 6.07) is 6.07. The van der Waals surface area contributed by atoms with Gasteiger partial charge in [0.15, 0.2) is 18.0 Å². The van der Waals surface area contributed by atoms with Crippen LogP contribution in [0.4, 0.5) is 0 Å². The van der Waals surface area contributed by atoms with Crippen LogP contribution in [-0.2, 0) is 38.1 Å². The van der Waals surface area contributed by atoms with Gasteiger partial charge in [0, 0.05) is 13.8 Å². The molecule has 0 unspecified atom stereocenters. The van der Waals surface area contributed by atoms with E-state index in [0.717, 1.165) is 5.56 Å². The summed E-state index contributed by atoms with van der Waals surface area (Å²) in [7, 11) is -4.31. The molecule has 14 heteroatoms. The third-order valence-electron chi connectivity index (χ3n) is 5.38. The Bertz CT molecular complexity index is 1380. The number of ether oxygens (including phenoxy) is 3. The van der Waals surface area contributed by atoms with Crippen molar-refractivity contribution in [3.63, 3.8) is 0 Å². The van der Waals surface area contributed by atoms with Gasteiger partial charge in [-0.3, -0.25) is 18.3 Å². The van der Waals surface area contributed by atoms with E-state index in [1.54, 1.807) is 12.1 Å². The molecule has 4 rings (SSSR count). The highest BCUT2D eigenvalue weighted by atomic mass is 32.2. The van der Waals surface area contributed by atoms with Crippen LogP contribution in [0.3, 0.4) is 0 Å². The van der Waals surface area contributed by atoms with E-state index in [9.17, 15) is 18.0 Å². The maximum atomic E-state index is 13.1. The van der Waals surface area contributed by atoms with Gasteiger partial charge in [-0.1, -0.05) is 17.7 Å². The lowest BCUT2D eigenvalue weighted by atomic mass is 10.1. The van der Waals surface area contributed by atoms with Gasteiger partial charge in [-0.05, 0) is 25.3 Å². The number of aryl methyl sites for hydroxylation is 1. The van der Waals surface area contributed by atoms with Crippen molar-refractivity contribution in [2.45, 2.75) is 55.2 Å². The second kappa shape index (κ2) is 10.5. The zero-order chi connectivity index (χ0) is 26.0. The number of aromatic nitrogens is 4. The number of carbonyl (C=O) groups excluding carboxylic acids is 2. The highest BCUT2D eigenvalue weighted by molar-refractivity contribution is 7.98. The number of esters is 2. The predicted molar refractivity (Wildman–Crippen MR) is 126 cm³/mol. The molecule has 3 heterocycles. The summed E-state index contributed by atoms with van der Waals surface area (Å²) in [4.78, 5) is 36.3. The Morgan fingerprint density at radius 2 is 1.81 bits per heavy atom. The first-order valence-corrected chi connectivity index (χ1v) is 13.4. The van der Waals surface area contributed by atoms with Crippen LogP contribution in [0.25, 0.3) is 11.2 Å². The van der Waals surface area contributed by atoms with E-state index in [4.69, 9.17) is 18.4 Å². The number of hydrogen-bond acceptors (Lipinski definition) is 12. The Hall–Kier alpha value is -3.07. The fourth-order valence-corrected chi connectivity index (χ4v) is 5.37. The van der Waals surface area contributed by atoms with Crippen molar-refractivity contribution in [3.05, 3.63) is 42.5 Å². The summed E-state index contributed by atoms with van der Waals surface area (Å²) in [6.45, 7) is 3.87. The quantitative estimate of drug-likeness (QED) is 0.179. The molecule has 2 aromatic heterocycles. The smallest absolute Gasteiger partial charge is 0.303 e. The van der Waals surface area contributed by atoms with E-state index in [1.807, 2.05) is 13.2 Å². The average molecular weight is 537 g/mol. The van der Waals surface area contributed by atoms with E-state index < -0.39 is 46.6 Å². The molecule has 12 nitrogen and oxygen atoms in total. The Morgan fingerprint density at radius 1 is 1.08 bits per heavy atom. The molecular formula is C22H24N4O8S2. The lowest BCUT2D eigenvalue weighted by molar-refractivity contribution is -0.155. The number of imidazole rings is 1. The third kappa shape index (κ3) is 5.36. The van der Waals surface area contributed by atoms with Crippen molar-refractivity contribution < 1.29 is 36.4 Å². The van der Waals surface area contributed by atoms with Gasteiger partial charge in [0.1, 0.15) is 35.7 Å². The van der Waals surface area contributed by atoms with Crippen molar-refractivity contribution in [2.75, 3.05) is 12.9 Å². The van der Waals surface area contributed by atoms with E-state index in [2.05, 4.69) is 15.0 Å². The molecule has 36 heavy (non-hydrogen) atoms. The van der Waals surface area contributed by atoms with Crippen LogP contribution in [0.5, 0.6) is 0 Å². The summed E-state index contributed by atoms with van der Waals surface area (Å²) >= 11 is 1.37. The maximum Gasteiger partial charge on any atom is 0.303 e. The highest BCUT2D eigenvalue weighted by Crippen LogP contribution is 2.37. The number of nitrogens with zero attached hydrogens (tertiary/aromatic N) is 4. The van der Waals surface area contributed by atoms with Gasteiger partial charge in [-0.2, -0.15) is 8.42 Å². The summed E-state index contributed by atoms with van der Waals surface area (Å²) in [5.74, 6) is -1.29. The van der Waals surface area contributed by atoms with Crippen LogP contribution < -0.4 is 0 Å². The highest BCUT2D eigenvalue weighted by Gasteiger charge is 2.51. The zero-order valence-corrected chi connectivity index (χ0v) is 21.5. The largest absolute Gasteiger partial charge is 0.463 e. The normalized spacial score (nSPS) is 22.0. The van der Waals surface area contributed by atoms with Crippen LogP contribution in [-0.4, -0.2) is 71.0 Å². The first-order valence-electron chi connectivity index (χ1n) is 10.8. The number of fused-ring (bicyclic) bond motifs is 1. The van der Waals surface area contributed by atoms with Crippen LogP contribution in [0, 0.1) is 6.92 Å². The monoisotopic (exact) mass is 536 g/mol. The maximum absolute atomic E-state index is 13.1. The summed E-state index contributed by atoms with van der Waals surface area (Å²) < 4.78 is 50.0. The summed E-state index contributed by atoms with van der Waals surface area (Å²) in [5.41, 5.74) is 1.73. The Balaban J connectivity index is 1.76. The molecule has 1 fully saturated rings. The fourth-order valence-electron chi connectivity index (χ4n) is 3.77. The van der Waals surface area contributed by atoms with E-state index in [0.29, 0.717) is 16.2 Å². The molecule has 1 aromatic carbocycles.